The summed E-state index contributed by atoms with van der Waals surface area (Å²) in [6.07, 6.45) is 1.59. The minimum Gasteiger partial charge on any atom is -0.507 e. The van der Waals surface area contributed by atoms with Gasteiger partial charge in [-0.15, -0.1) is 0 Å². The molecule has 2 rings (SSSR count). The Morgan fingerprint density at radius 2 is 1.87 bits per heavy atom. The first kappa shape index (κ1) is 17.3. The van der Waals surface area contributed by atoms with Crippen LogP contribution in [0.3, 0.4) is 0 Å². The molecule has 0 amide bonds. The van der Waals surface area contributed by atoms with Crippen LogP contribution in [-0.2, 0) is 6.61 Å². The summed E-state index contributed by atoms with van der Waals surface area (Å²) in [5, 5.41) is 20.1. The van der Waals surface area contributed by atoms with E-state index in [0.29, 0.717) is 21.8 Å². The second-order valence-corrected chi connectivity index (χ2v) is 5.54. The molecule has 23 heavy (non-hydrogen) atoms. The zero-order chi connectivity index (χ0) is 16.8. The van der Waals surface area contributed by atoms with Crippen LogP contribution < -0.4 is 4.90 Å². The number of rotatable bonds is 6. The topological polar surface area (TPSA) is 56.1 Å². The summed E-state index contributed by atoms with van der Waals surface area (Å²) in [5.74, 6) is 0.178. The van der Waals surface area contributed by atoms with Crippen molar-refractivity contribution in [2.45, 2.75) is 20.5 Å². The number of aromatic hydroxyl groups is 1. The van der Waals surface area contributed by atoms with Crippen LogP contribution in [-0.4, -0.2) is 29.5 Å². The fourth-order valence-electron chi connectivity index (χ4n) is 2.37. The van der Waals surface area contributed by atoms with E-state index in [1.165, 1.54) is 0 Å². The van der Waals surface area contributed by atoms with Crippen LogP contribution in [0.4, 0.5) is 11.4 Å². The molecule has 0 aliphatic rings. The van der Waals surface area contributed by atoms with E-state index < -0.39 is 0 Å². The van der Waals surface area contributed by atoms with Gasteiger partial charge in [-0.05, 0) is 44.2 Å². The summed E-state index contributed by atoms with van der Waals surface area (Å²) in [5.41, 5.74) is 2.88. The molecule has 0 saturated carbocycles. The molecule has 2 N–H and O–H groups in total. The average Bonchev–Trinajstić information content (AvgIpc) is 2.56. The Balaban J connectivity index is 2.27. The third kappa shape index (κ3) is 4.24. The lowest BCUT2D eigenvalue weighted by atomic mass is 10.1. The van der Waals surface area contributed by atoms with Crippen molar-refractivity contribution in [3.8, 4) is 5.75 Å². The molecule has 0 unspecified atom stereocenters. The van der Waals surface area contributed by atoms with Gasteiger partial charge < -0.3 is 15.1 Å². The Morgan fingerprint density at radius 3 is 2.48 bits per heavy atom. The van der Waals surface area contributed by atoms with E-state index in [4.69, 9.17) is 11.6 Å². The highest BCUT2D eigenvalue weighted by molar-refractivity contribution is 6.30. The van der Waals surface area contributed by atoms with Crippen molar-refractivity contribution >= 4 is 29.2 Å². The maximum atomic E-state index is 10.2. The molecule has 0 spiro atoms. The molecule has 2 aromatic rings. The highest BCUT2D eigenvalue weighted by Gasteiger charge is 2.06. The fourth-order valence-corrected chi connectivity index (χ4v) is 2.57. The van der Waals surface area contributed by atoms with E-state index in [1.54, 1.807) is 30.5 Å². The first-order chi connectivity index (χ1) is 11.1. The minimum atomic E-state index is -0.139. The summed E-state index contributed by atoms with van der Waals surface area (Å²) in [4.78, 5) is 6.50. The predicted molar refractivity (Wildman–Crippen MR) is 96.3 cm³/mol. The second kappa shape index (κ2) is 7.99. The number of hydrogen-bond donors (Lipinski definition) is 2. The number of aliphatic imine (C=N–C) groups is 1. The fraction of sp³-hybridized carbons (Fsp3) is 0.278. The van der Waals surface area contributed by atoms with E-state index in [-0.39, 0.29) is 12.4 Å². The van der Waals surface area contributed by atoms with Crippen molar-refractivity contribution in [2.75, 3.05) is 18.0 Å². The number of anilines is 1. The molecule has 5 heteroatoms. The molecule has 0 aliphatic heterocycles. The zero-order valence-corrected chi connectivity index (χ0v) is 14.1. The SMILES string of the molecule is CCN(CC)c1ccc(C=Nc2ccc(Cl)cc2CO)c(O)c1. The zero-order valence-electron chi connectivity index (χ0n) is 13.3. The van der Waals surface area contributed by atoms with Crippen LogP contribution >= 0.6 is 11.6 Å². The van der Waals surface area contributed by atoms with Gasteiger partial charge in [-0.3, -0.25) is 4.99 Å². The first-order valence-electron chi connectivity index (χ1n) is 7.60. The van der Waals surface area contributed by atoms with Crippen molar-refractivity contribution in [3.63, 3.8) is 0 Å². The molecule has 0 bridgehead atoms. The molecule has 0 aromatic heterocycles. The second-order valence-electron chi connectivity index (χ2n) is 5.10. The Morgan fingerprint density at radius 1 is 1.13 bits per heavy atom. The molecule has 122 valence electrons. The molecule has 4 nitrogen and oxygen atoms in total. The Kier molecular flexibility index (Phi) is 6.02. The van der Waals surface area contributed by atoms with Gasteiger partial charge in [0.25, 0.3) is 0 Å². The first-order valence-corrected chi connectivity index (χ1v) is 7.98. The van der Waals surface area contributed by atoms with Gasteiger partial charge in [-0.2, -0.15) is 0 Å². The van der Waals surface area contributed by atoms with Gasteiger partial charge in [-0.25, -0.2) is 0 Å². The number of nitrogens with zero attached hydrogens (tertiary/aromatic N) is 2. The number of aliphatic hydroxyl groups is 1. The van der Waals surface area contributed by atoms with Gasteiger partial charge in [-0.1, -0.05) is 11.6 Å². The summed E-state index contributed by atoms with van der Waals surface area (Å²) in [7, 11) is 0. The summed E-state index contributed by atoms with van der Waals surface area (Å²) in [6.45, 7) is 5.78. The molecule has 0 radical (unpaired) electrons. The average molecular weight is 333 g/mol. The van der Waals surface area contributed by atoms with Gasteiger partial charge in [0.05, 0.1) is 12.3 Å². The smallest absolute Gasteiger partial charge is 0.126 e. The van der Waals surface area contributed by atoms with Gasteiger partial charge in [0, 0.05) is 47.2 Å². The summed E-state index contributed by atoms with van der Waals surface area (Å²) < 4.78 is 0. The van der Waals surface area contributed by atoms with Gasteiger partial charge >= 0.3 is 0 Å². The van der Waals surface area contributed by atoms with Crippen LogP contribution in [0.25, 0.3) is 0 Å². The lowest BCUT2D eigenvalue weighted by Crippen LogP contribution is -2.21. The summed E-state index contributed by atoms with van der Waals surface area (Å²) in [6, 6.07) is 10.7. The van der Waals surface area contributed by atoms with E-state index >= 15 is 0 Å². The van der Waals surface area contributed by atoms with Crippen molar-refractivity contribution in [1.82, 2.24) is 0 Å². The van der Waals surface area contributed by atoms with Gasteiger partial charge in [0.15, 0.2) is 0 Å². The van der Waals surface area contributed by atoms with Crippen LogP contribution in [0.2, 0.25) is 5.02 Å². The lowest BCUT2D eigenvalue weighted by molar-refractivity contribution is 0.282. The van der Waals surface area contributed by atoms with E-state index in [1.807, 2.05) is 12.1 Å². The molecular weight excluding hydrogens is 312 g/mol. The Labute approximate surface area is 141 Å². The maximum absolute atomic E-state index is 10.2. The third-order valence-corrected chi connectivity index (χ3v) is 3.93. The van der Waals surface area contributed by atoms with Crippen LogP contribution in [0.1, 0.15) is 25.0 Å². The van der Waals surface area contributed by atoms with Crippen LogP contribution in [0.15, 0.2) is 41.4 Å². The van der Waals surface area contributed by atoms with E-state index in [9.17, 15) is 10.2 Å². The number of halogens is 1. The Hall–Kier alpha value is -2.04. The van der Waals surface area contributed by atoms with Crippen molar-refractivity contribution in [2.24, 2.45) is 4.99 Å². The highest BCUT2D eigenvalue weighted by atomic mass is 35.5. The van der Waals surface area contributed by atoms with Crippen molar-refractivity contribution in [3.05, 3.63) is 52.5 Å². The van der Waals surface area contributed by atoms with Crippen LogP contribution in [0.5, 0.6) is 5.75 Å². The number of phenols is 1. The quantitative estimate of drug-likeness (QED) is 0.782. The summed E-state index contributed by atoms with van der Waals surface area (Å²) >= 11 is 5.90. The minimum absolute atomic E-state index is 0.139. The number of aliphatic hydroxyl groups excluding tert-OH is 1. The number of benzene rings is 2. The standard InChI is InChI=1S/C18H21ClN2O2/c1-3-21(4-2)16-7-5-13(18(23)10-16)11-20-17-8-6-15(19)9-14(17)12-22/h5-11,22-23H,3-4,12H2,1-2H3. The van der Waals surface area contributed by atoms with Crippen molar-refractivity contribution in [1.29, 1.82) is 0 Å². The molecule has 2 aromatic carbocycles. The normalized spacial score (nSPS) is 11.1. The molecule has 0 fully saturated rings. The highest BCUT2D eigenvalue weighted by Crippen LogP contribution is 2.26. The van der Waals surface area contributed by atoms with E-state index in [0.717, 1.165) is 18.8 Å². The third-order valence-electron chi connectivity index (χ3n) is 3.70. The monoisotopic (exact) mass is 332 g/mol. The molecular formula is C18H21ClN2O2. The molecule has 0 heterocycles. The molecule has 0 atom stereocenters. The van der Waals surface area contributed by atoms with Crippen LogP contribution in [0, 0.1) is 0 Å². The maximum Gasteiger partial charge on any atom is 0.126 e. The molecule has 0 aliphatic carbocycles. The molecule has 0 saturated heterocycles. The predicted octanol–water partition coefficient (Wildman–Crippen LogP) is 4.13. The van der Waals surface area contributed by atoms with Crippen molar-refractivity contribution < 1.29 is 10.2 Å². The lowest BCUT2D eigenvalue weighted by Gasteiger charge is -2.21. The van der Waals surface area contributed by atoms with Gasteiger partial charge in [0.2, 0.25) is 0 Å². The van der Waals surface area contributed by atoms with Gasteiger partial charge in [0.1, 0.15) is 5.75 Å². The number of hydrogen-bond acceptors (Lipinski definition) is 4. The Bertz CT molecular complexity index is 697. The number of phenolic OH excluding ortho intramolecular Hbond substituents is 1. The largest absolute Gasteiger partial charge is 0.507 e. The van der Waals surface area contributed by atoms with E-state index in [2.05, 4.69) is 23.7 Å².